The summed E-state index contributed by atoms with van der Waals surface area (Å²) in [6.45, 7) is 0. The first-order chi connectivity index (χ1) is 6.33. The molecule has 0 saturated heterocycles. The molecule has 1 nitrogen and oxygen atoms in total. The Hall–Kier alpha value is -0.470. The summed E-state index contributed by atoms with van der Waals surface area (Å²) in [4.78, 5) is 0. The van der Waals surface area contributed by atoms with Crippen molar-refractivity contribution in [2.75, 3.05) is 12.0 Å². The molecule has 1 rings (SSSR count). The summed E-state index contributed by atoms with van der Waals surface area (Å²) in [5.41, 5.74) is 7.32. The van der Waals surface area contributed by atoms with E-state index in [1.165, 1.54) is 5.56 Å². The van der Waals surface area contributed by atoms with Crippen molar-refractivity contribution in [3.05, 3.63) is 35.9 Å². The van der Waals surface area contributed by atoms with E-state index < -0.39 is 0 Å². The summed E-state index contributed by atoms with van der Waals surface area (Å²) in [5.74, 6) is 1.16. The Morgan fingerprint density at radius 2 is 2.00 bits per heavy atom. The van der Waals surface area contributed by atoms with Crippen LogP contribution in [0, 0.1) is 0 Å². The minimum absolute atomic E-state index is 0.315. The van der Waals surface area contributed by atoms with Crippen molar-refractivity contribution < 1.29 is 0 Å². The van der Waals surface area contributed by atoms with Gasteiger partial charge in [-0.05, 0) is 30.4 Å². The highest BCUT2D eigenvalue weighted by Gasteiger charge is 2.02. The topological polar surface area (TPSA) is 26.0 Å². The highest BCUT2D eigenvalue weighted by atomic mass is 32.2. The van der Waals surface area contributed by atoms with Gasteiger partial charge in [-0.25, -0.2) is 0 Å². The van der Waals surface area contributed by atoms with Gasteiger partial charge in [-0.1, -0.05) is 30.3 Å². The van der Waals surface area contributed by atoms with Gasteiger partial charge < -0.3 is 5.73 Å². The molecule has 1 unspecified atom stereocenters. The third kappa shape index (κ3) is 4.34. The molecule has 1 aromatic carbocycles. The average molecular weight is 195 g/mol. The van der Waals surface area contributed by atoms with Crippen LogP contribution >= 0.6 is 11.8 Å². The monoisotopic (exact) mass is 195 g/mol. The molecule has 0 amide bonds. The van der Waals surface area contributed by atoms with Crippen molar-refractivity contribution in [2.45, 2.75) is 18.9 Å². The lowest BCUT2D eigenvalue weighted by atomic mass is 10.1. The predicted octanol–water partition coefficient (Wildman–Crippen LogP) is 2.31. The lowest BCUT2D eigenvalue weighted by molar-refractivity contribution is 0.652. The van der Waals surface area contributed by atoms with Gasteiger partial charge in [0.1, 0.15) is 0 Å². The maximum absolute atomic E-state index is 5.98. The molecular formula is C11H17NS. The Morgan fingerprint density at radius 3 is 2.62 bits per heavy atom. The lowest BCUT2D eigenvalue weighted by Crippen LogP contribution is -2.23. The Balaban J connectivity index is 2.32. The van der Waals surface area contributed by atoms with Crippen molar-refractivity contribution in [1.29, 1.82) is 0 Å². The average Bonchev–Trinajstić information content (AvgIpc) is 2.16. The number of benzene rings is 1. The quantitative estimate of drug-likeness (QED) is 0.780. The normalized spacial score (nSPS) is 12.8. The minimum atomic E-state index is 0.315. The zero-order chi connectivity index (χ0) is 9.52. The van der Waals surface area contributed by atoms with E-state index in [4.69, 9.17) is 5.73 Å². The third-order valence-electron chi connectivity index (χ3n) is 2.03. The van der Waals surface area contributed by atoms with Crippen LogP contribution in [0.25, 0.3) is 0 Å². The molecule has 0 spiro atoms. The first-order valence-electron chi connectivity index (χ1n) is 4.61. The number of thioether (sulfide) groups is 1. The van der Waals surface area contributed by atoms with Crippen molar-refractivity contribution in [2.24, 2.45) is 5.73 Å². The van der Waals surface area contributed by atoms with Gasteiger partial charge in [0.15, 0.2) is 0 Å². The maximum Gasteiger partial charge on any atom is 0.00871 e. The van der Waals surface area contributed by atoms with Crippen LogP contribution in [0.2, 0.25) is 0 Å². The Morgan fingerprint density at radius 1 is 1.31 bits per heavy atom. The van der Waals surface area contributed by atoms with Crippen LogP contribution in [-0.2, 0) is 6.42 Å². The predicted molar refractivity (Wildman–Crippen MR) is 61.1 cm³/mol. The molecule has 2 N–H and O–H groups in total. The molecular weight excluding hydrogens is 178 g/mol. The fraction of sp³-hybridized carbons (Fsp3) is 0.455. The molecule has 2 heteroatoms. The van der Waals surface area contributed by atoms with Crippen LogP contribution in [0.5, 0.6) is 0 Å². The third-order valence-corrected chi connectivity index (χ3v) is 2.68. The van der Waals surface area contributed by atoms with E-state index in [9.17, 15) is 0 Å². The molecule has 0 fully saturated rings. The van der Waals surface area contributed by atoms with E-state index in [0.29, 0.717) is 6.04 Å². The van der Waals surface area contributed by atoms with E-state index in [-0.39, 0.29) is 0 Å². The van der Waals surface area contributed by atoms with Crippen molar-refractivity contribution >= 4 is 11.8 Å². The molecule has 0 heterocycles. The second kappa shape index (κ2) is 6.06. The van der Waals surface area contributed by atoms with E-state index in [0.717, 1.165) is 18.6 Å². The van der Waals surface area contributed by atoms with Gasteiger partial charge in [-0.2, -0.15) is 11.8 Å². The molecule has 72 valence electrons. The molecule has 0 radical (unpaired) electrons. The molecule has 13 heavy (non-hydrogen) atoms. The zero-order valence-electron chi connectivity index (χ0n) is 8.07. The molecule has 0 aromatic heterocycles. The first-order valence-corrected chi connectivity index (χ1v) is 6.00. The van der Waals surface area contributed by atoms with Crippen molar-refractivity contribution in [1.82, 2.24) is 0 Å². The highest BCUT2D eigenvalue weighted by molar-refractivity contribution is 7.98. The van der Waals surface area contributed by atoms with E-state index in [1.54, 1.807) is 0 Å². The number of hydrogen-bond acceptors (Lipinski definition) is 2. The van der Waals surface area contributed by atoms with E-state index in [2.05, 4.69) is 30.5 Å². The van der Waals surface area contributed by atoms with Crippen LogP contribution in [-0.4, -0.2) is 18.1 Å². The van der Waals surface area contributed by atoms with Gasteiger partial charge in [0.25, 0.3) is 0 Å². The van der Waals surface area contributed by atoms with Gasteiger partial charge in [0.2, 0.25) is 0 Å². The summed E-state index contributed by atoms with van der Waals surface area (Å²) in [7, 11) is 0. The smallest absolute Gasteiger partial charge is 0.00871 e. The Labute approximate surface area is 84.7 Å². The van der Waals surface area contributed by atoms with Crippen LogP contribution < -0.4 is 5.73 Å². The van der Waals surface area contributed by atoms with Crippen molar-refractivity contribution in [3.8, 4) is 0 Å². The van der Waals surface area contributed by atoms with Gasteiger partial charge in [-0.15, -0.1) is 0 Å². The summed E-state index contributed by atoms with van der Waals surface area (Å²) >= 11 is 1.86. The Kier molecular flexibility index (Phi) is 4.94. The van der Waals surface area contributed by atoms with Gasteiger partial charge in [-0.3, -0.25) is 0 Å². The van der Waals surface area contributed by atoms with Gasteiger partial charge in [0, 0.05) is 6.04 Å². The number of hydrogen-bond donors (Lipinski definition) is 1. The molecule has 0 bridgehead atoms. The second-order valence-electron chi connectivity index (χ2n) is 3.23. The van der Waals surface area contributed by atoms with Crippen LogP contribution in [0.4, 0.5) is 0 Å². The van der Waals surface area contributed by atoms with Crippen LogP contribution in [0.3, 0.4) is 0 Å². The number of nitrogens with two attached hydrogens (primary N) is 1. The fourth-order valence-corrected chi connectivity index (χ4v) is 1.83. The van der Waals surface area contributed by atoms with Gasteiger partial charge >= 0.3 is 0 Å². The summed E-state index contributed by atoms with van der Waals surface area (Å²) < 4.78 is 0. The summed E-state index contributed by atoms with van der Waals surface area (Å²) in [6, 6.07) is 10.8. The minimum Gasteiger partial charge on any atom is -0.327 e. The van der Waals surface area contributed by atoms with Gasteiger partial charge in [0.05, 0.1) is 0 Å². The molecule has 1 atom stereocenters. The summed E-state index contributed by atoms with van der Waals surface area (Å²) in [5, 5.41) is 0. The SMILES string of the molecule is CSCCC(N)Cc1ccccc1. The molecule has 0 aliphatic rings. The zero-order valence-corrected chi connectivity index (χ0v) is 8.89. The second-order valence-corrected chi connectivity index (χ2v) is 4.22. The van der Waals surface area contributed by atoms with E-state index in [1.807, 2.05) is 17.8 Å². The number of rotatable bonds is 5. The van der Waals surface area contributed by atoms with E-state index >= 15 is 0 Å². The lowest BCUT2D eigenvalue weighted by Gasteiger charge is -2.10. The first kappa shape index (κ1) is 10.6. The molecule has 0 saturated carbocycles. The standard InChI is InChI=1S/C11H17NS/c1-13-8-7-11(12)9-10-5-3-2-4-6-10/h2-6,11H,7-9,12H2,1H3. The summed E-state index contributed by atoms with van der Waals surface area (Å²) in [6.07, 6.45) is 4.23. The van der Waals surface area contributed by atoms with Crippen LogP contribution in [0.15, 0.2) is 30.3 Å². The molecule has 1 aromatic rings. The maximum atomic E-state index is 5.98. The Bertz CT molecular complexity index is 223. The largest absolute Gasteiger partial charge is 0.327 e. The fourth-order valence-electron chi connectivity index (χ4n) is 1.29. The van der Waals surface area contributed by atoms with Crippen LogP contribution in [0.1, 0.15) is 12.0 Å². The highest BCUT2D eigenvalue weighted by Crippen LogP contribution is 2.06. The molecule has 0 aliphatic heterocycles. The molecule has 0 aliphatic carbocycles. The van der Waals surface area contributed by atoms with Crippen molar-refractivity contribution in [3.63, 3.8) is 0 Å².